The van der Waals surface area contributed by atoms with Crippen molar-refractivity contribution in [3.63, 3.8) is 0 Å². The number of Topliss-reactive ketones (excluding diaryl/α,β-unsaturated/α-hetero) is 1. The number of benzene rings is 1. The lowest BCUT2D eigenvalue weighted by Gasteiger charge is -1.95. The molecule has 1 aromatic carbocycles. The maximum atomic E-state index is 12.2. The molecule has 0 spiro atoms. The molecule has 0 N–H and O–H groups in total. The first-order valence-electron chi connectivity index (χ1n) is 6.45. The molecule has 5 nitrogen and oxygen atoms in total. The summed E-state index contributed by atoms with van der Waals surface area (Å²) in [5, 5.41) is 8.77. The second kappa shape index (κ2) is 6.13. The summed E-state index contributed by atoms with van der Waals surface area (Å²) in [5.41, 5.74) is 3.44. The summed E-state index contributed by atoms with van der Waals surface area (Å²) in [4.78, 5) is 12.2. The van der Waals surface area contributed by atoms with Crippen LogP contribution in [0.5, 0.6) is 0 Å². The van der Waals surface area contributed by atoms with Gasteiger partial charge in [0.15, 0.2) is 12.3 Å². The average molecular weight is 347 g/mol. The van der Waals surface area contributed by atoms with E-state index in [1.165, 1.54) is 0 Å². The van der Waals surface area contributed by atoms with Gasteiger partial charge in [0.2, 0.25) is 6.33 Å². The number of fused-ring (bicyclic) bond motifs is 1. The van der Waals surface area contributed by atoms with Crippen molar-refractivity contribution < 1.29 is 26.3 Å². The fourth-order valence-electron chi connectivity index (χ4n) is 2.22. The van der Waals surface area contributed by atoms with E-state index in [0.717, 1.165) is 16.9 Å². The highest BCUT2D eigenvalue weighted by atomic mass is 79.9. The highest BCUT2D eigenvalue weighted by molar-refractivity contribution is 5.95. The van der Waals surface area contributed by atoms with Gasteiger partial charge in [-0.05, 0) is 19.9 Å². The largest absolute Gasteiger partial charge is 1.00 e. The van der Waals surface area contributed by atoms with E-state index in [0.29, 0.717) is 5.56 Å². The second-order valence-corrected chi connectivity index (χ2v) is 4.84. The molecule has 0 amide bonds. The van der Waals surface area contributed by atoms with Crippen LogP contribution in [-0.4, -0.2) is 20.7 Å². The van der Waals surface area contributed by atoms with Crippen LogP contribution in [0.2, 0.25) is 0 Å². The van der Waals surface area contributed by atoms with Gasteiger partial charge in [0, 0.05) is 16.2 Å². The van der Waals surface area contributed by atoms with Gasteiger partial charge in [-0.1, -0.05) is 30.3 Å². The van der Waals surface area contributed by atoms with E-state index in [2.05, 4.69) is 10.2 Å². The highest BCUT2D eigenvalue weighted by Gasteiger charge is 2.17. The highest BCUT2D eigenvalue weighted by Crippen LogP contribution is 2.04. The zero-order valence-electron chi connectivity index (χ0n) is 11.8. The quantitative estimate of drug-likeness (QED) is 0.429. The van der Waals surface area contributed by atoms with Gasteiger partial charge < -0.3 is 17.0 Å². The third-order valence-electron chi connectivity index (χ3n) is 3.13. The minimum Gasteiger partial charge on any atom is -1.00 e. The maximum Gasteiger partial charge on any atom is 0.328 e. The van der Waals surface area contributed by atoms with E-state index >= 15 is 0 Å². The number of hydrogen-bond donors (Lipinski definition) is 0. The molecular weight excluding hydrogens is 332 g/mol. The van der Waals surface area contributed by atoms with Gasteiger partial charge >= 0.3 is 5.65 Å². The van der Waals surface area contributed by atoms with Crippen molar-refractivity contribution in [3.05, 3.63) is 59.5 Å². The minimum absolute atomic E-state index is 0. The molecule has 2 heterocycles. The Labute approximate surface area is 133 Å². The van der Waals surface area contributed by atoms with Crippen molar-refractivity contribution in [3.8, 4) is 0 Å². The normalized spacial score (nSPS) is 10.4. The summed E-state index contributed by atoms with van der Waals surface area (Å²) in [5.74, 6) is 0.0355. The van der Waals surface area contributed by atoms with Gasteiger partial charge in [-0.15, -0.1) is 14.3 Å². The van der Waals surface area contributed by atoms with Crippen LogP contribution < -0.4 is 21.5 Å². The van der Waals surface area contributed by atoms with Crippen LogP contribution in [0.1, 0.15) is 21.6 Å². The topological polar surface area (TPSA) is 51.9 Å². The number of rotatable bonds is 3. The molecule has 21 heavy (non-hydrogen) atoms. The summed E-state index contributed by atoms with van der Waals surface area (Å²) in [7, 11) is 0. The lowest BCUT2D eigenvalue weighted by atomic mass is 10.1. The van der Waals surface area contributed by atoms with Crippen molar-refractivity contribution in [2.45, 2.75) is 20.4 Å². The summed E-state index contributed by atoms with van der Waals surface area (Å²) in [6.07, 6.45) is 1.75. The lowest BCUT2D eigenvalue weighted by molar-refractivity contribution is -0.582. The van der Waals surface area contributed by atoms with E-state index in [1.54, 1.807) is 15.5 Å². The van der Waals surface area contributed by atoms with Crippen molar-refractivity contribution in [2.24, 2.45) is 0 Å². The Morgan fingerprint density at radius 3 is 2.67 bits per heavy atom. The van der Waals surface area contributed by atoms with Crippen LogP contribution in [0, 0.1) is 13.8 Å². The van der Waals surface area contributed by atoms with Crippen LogP contribution in [-0.2, 0) is 6.54 Å². The first-order valence-corrected chi connectivity index (χ1v) is 6.45. The number of aryl methyl sites for hydroxylation is 2. The summed E-state index contributed by atoms with van der Waals surface area (Å²) in [6, 6.07) is 11.2. The van der Waals surface area contributed by atoms with Gasteiger partial charge in [-0.25, -0.2) is 0 Å². The molecule has 3 rings (SSSR count). The number of hydrogen-bond acceptors (Lipinski definition) is 3. The van der Waals surface area contributed by atoms with Crippen molar-refractivity contribution >= 4 is 11.4 Å². The number of carbonyl (C=O) groups excluding carboxylic acids is 1. The molecule has 0 bridgehead atoms. The Morgan fingerprint density at radius 2 is 1.95 bits per heavy atom. The monoisotopic (exact) mass is 346 g/mol. The zero-order chi connectivity index (χ0) is 14.1. The number of nitrogens with zero attached hydrogens (tertiary/aromatic N) is 4. The SMILES string of the molecule is Cc1cc(C)c2nn(CC(=O)c3ccccc3)c[n+]2n1.[Br-]. The number of ketones is 1. The maximum absolute atomic E-state index is 12.2. The van der Waals surface area contributed by atoms with Gasteiger partial charge in [-0.2, -0.15) is 0 Å². The van der Waals surface area contributed by atoms with E-state index in [-0.39, 0.29) is 29.3 Å². The number of halogens is 1. The van der Waals surface area contributed by atoms with Crippen LogP contribution >= 0.6 is 0 Å². The van der Waals surface area contributed by atoms with Gasteiger partial charge in [0.05, 0.1) is 5.69 Å². The van der Waals surface area contributed by atoms with Gasteiger partial charge in [0.1, 0.15) is 0 Å². The molecular formula is C15H15BrN4O. The molecule has 0 unspecified atom stereocenters. The van der Waals surface area contributed by atoms with Crippen LogP contribution in [0.3, 0.4) is 0 Å². The molecule has 0 fully saturated rings. The first kappa shape index (κ1) is 15.3. The summed E-state index contributed by atoms with van der Waals surface area (Å²) >= 11 is 0. The Hall–Kier alpha value is -2.08. The molecule has 0 saturated carbocycles. The third-order valence-corrected chi connectivity index (χ3v) is 3.13. The minimum atomic E-state index is 0. The van der Waals surface area contributed by atoms with E-state index in [1.807, 2.05) is 50.2 Å². The van der Waals surface area contributed by atoms with Crippen molar-refractivity contribution in [2.75, 3.05) is 0 Å². The van der Waals surface area contributed by atoms with Gasteiger partial charge in [0.25, 0.3) is 0 Å². The fourth-order valence-corrected chi connectivity index (χ4v) is 2.22. The molecule has 3 aromatic rings. The summed E-state index contributed by atoms with van der Waals surface area (Å²) < 4.78 is 3.34. The van der Waals surface area contributed by atoms with Crippen molar-refractivity contribution in [1.29, 1.82) is 0 Å². The molecule has 0 radical (unpaired) electrons. The Kier molecular flexibility index (Phi) is 4.47. The van der Waals surface area contributed by atoms with Crippen LogP contribution in [0.15, 0.2) is 42.7 Å². The van der Waals surface area contributed by atoms with Gasteiger partial charge in [-0.3, -0.25) is 4.79 Å². The smallest absolute Gasteiger partial charge is 0.328 e. The number of carbonyl (C=O) groups is 1. The fraction of sp³-hybridized carbons (Fsp3) is 0.200. The van der Waals surface area contributed by atoms with Crippen LogP contribution in [0.25, 0.3) is 5.65 Å². The van der Waals surface area contributed by atoms with Crippen LogP contribution in [0.4, 0.5) is 0 Å². The first-order chi connectivity index (χ1) is 9.63. The molecule has 0 aliphatic heterocycles. The predicted octanol–water partition coefficient (Wildman–Crippen LogP) is -1.48. The molecule has 2 aromatic heterocycles. The second-order valence-electron chi connectivity index (χ2n) is 4.84. The Morgan fingerprint density at radius 1 is 1.24 bits per heavy atom. The Balaban J connectivity index is 0.00000161. The zero-order valence-corrected chi connectivity index (χ0v) is 13.4. The molecule has 108 valence electrons. The van der Waals surface area contributed by atoms with Crippen molar-refractivity contribution in [1.82, 2.24) is 14.9 Å². The Bertz CT molecular complexity index is 783. The molecule has 0 atom stereocenters. The summed E-state index contributed by atoms with van der Waals surface area (Å²) in [6.45, 7) is 4.14. The number of aromatic nitrogens is 4. The van der Waals surface area contributed by atoms with E-state index in [4.69, 9.17) is 0 Å². The molecule has 0 aliphatic rings. The van der Waals surface area contributed by atoms with E-state index < -0.39 is 0 Å². The van der Waals surface area contributed by atoms with E-state index in [9.17, 15) is 4.79 Å². The standard InChI is InChI=1S/C15H15N4O.BrH/c1-11-8-12(2)16-19-10-18(17-15(11)19)9-14(20)13-6-4-3-5-7-13;/h3-8,10H,9H2,1-2H3;1H/q+1;/p-1. The lowest BCUT2D eigenvalue weighted by Crippen LogP contribution is -3.00. The molecule has 0 saturated heterocycles. The third kappa shape index (κ3) is 3.16. The predicted molar refractivity (Wildman–Crippen MR) is 73.4 cm³/mol. The molecule has 0 aliphatic carbocycles. The molecule has 6 heteroatoms. The average Bonchev–Trinajstić information content (AvgIpc) is 2.82.